The molecule has 1 rings (SSSR count). The molecule has 1 aliphatic rings. The molecule has 0 unspecified atom stereocenters. The van der Waals surface area contributed by atoms with Crippen LogP contribution in [-0.2, 0) is 19.1 Å². The number of nitrogens with zero attached hydrogens (tertiary/aromatic N) is 2. The van der Waals surface area contributed by atoms with Gasteiger partial charge in [0.15, 0.2) is 0 Å². The summed E-state index contributed by atoms with van der Waals surface area (Å²) in [6, 6.07) is 0. The summed E-state index contributed by atoms with van der Waals surface area (Å²) in [5.74, 6) is 0.815. The van der Waals surface area contributed by atoms with Crippen LogP contribution in [0.25, 0.3) is 0 Å². The first-order valence-electron chi connectivity index (χ1n) is 12.3. The molecule has 0 aromatic rings. The molecule has 1 N–H and O–H groups in total. The van der Waals surface area contributed by atoms with Gasteiger partial charge in [-0.1, -0.05) is 44.6 Å². The third-order valence-electron chi connectivity index (χ3n) is 6.42. The molecule has 1 fully saturated rings. The van der Waals surface area contributed by atoms with Crippen LogP contribution in [0.3, 0.4) is 0 Å². The molecule has 2 amide bonds. The summed E-state index contributed by atoms with van der Waals surface area (Å²) in [6.45, 7) is 9.35. The Morgan fingerprint density at radius 3 is 2.47 bits per heavy atom. The predicted octanol–water partition coefficient (Wildman–Crippen LogP) is 5.15. The Morgan fingerprint density at radius 1 is 1.26 bits per heavy atom. The number of esters is 1. The van der Waals surface area contributed by atoms with Crippen LogP contribution in [0.2, 0.25) is 0 Å². The Kier molecular flexibility index (Phi) is 14.0. The van der Waals surface area contributed by atoms with Gasteiger partial charge in [-0.15, -0.1) is 0 Å². The Labute approximate surface area is 213 Å². The van der Waals surface area contributed by atoms with Crippen molar-refractivity contribution in [3.63, 3.8) is 0 Å². The molecule has 0 atom stereocenters. The minimum Gasteiger partial charge on any atom is -0.469 e. The topological polar surface area (TPSA) is 88.1 Å². The first kappa shape index (κ1) is 30.1. The zero-order chi connectivity index (χ0) is 25.6. The lowest BCUT2D eigenvalue weighted by molar-refractivity contribution is -0.140. The van der Waals surface area contributed by atoms with Crippen molar-refractivity contribution in [3.8, 4) is 0 Å². The molecular weight excluding hydrogens is 498 g/mol. The van der Waals surface area contributed by atoms with E-state index in [4.69, 9.17) is 4.99 Å². The van der Waals surface area contributed by atoms with E-state index in [1.165, 1.54) is 7.11 Å². The number of methoxy groups -OCH3 is 1. The molecule has 0 bridgehead atoms. The van der Waals surface area contributed by atoms with Gasteiger partial charge in [0.05, 0.1) is 18.2 Å². The number of ether oxygens (including phenoxy) is 1. The monoisotopic (exact) mass is 539 g/mol. The molecule has 0 aromatic heterocycles. The van der Waals surface area contributed by atoms with E-state index in [1.54, 1.807) is 0 Å². The van der Waals surface area contributed by atoms with Crippen molar-refractivity contribution in [2.45, 2.75) is 84.7 Å². The van der Waals surface area contributed by atoms with E-state index < -0.39 is 5.66 Å². The molecule has 0 aliphatic heterocycles. The van der Waals surface area contributed by atoms with Crippen LogP contribution in [0.5, 0.6) is 0 Å². The van der Waals surface area contributed by atoms with Crippen LogP contribution in [-0.4, -0.2) is 53.7 Å². The van der Waals surface area contributed by atoms with E-state index in [2.05, 4.69) is 52.8 Å². The fraction of sp³-hybridized carbons (Fsp3) is 0.692. The number of halogens is 1. The molecule has 0 saturated heterocycles. The number of carbonyl (C=O) groups excluding carboxylic acids is 3. The third-order valence-corrected chi connectivity index (χ3v) is 6.60. The number of nitrogens with one attached hydrogen (secondary N) is 1. The molecule has 1 aliphatic carbocycles. The summed E-state index contributed by atoms with van der Waals surface area (Å²) < 4.78 is 5.37. The summed E-state index contributed by atoms with van der Waals surface area (Å²) in [6.07, 6.45) is 12.6. The number of carbonyl (C=O) groups is 3. The Balaban J connectivity index is 2.75. The van der Waals surface area contributed by atoms with E-state index in [0.717, 1.165) is 48.7 Å². The fourth-order valence-electron chi connectivity index (χ4n) is 4.44. The Hall–Kier alpha value is -1.96. The van der Waals surface area contributed by atoms with Gasteiger partial charge in [0, 0.05) is 19.5 Å². The van der Waals surface area contributed by atoms with Crippen LogP contribution in [0.1, 0.15) is 79.1 Å². The second-order valence-electron chi connectivity index (χ2n) is 9.19. The minimum atomic E-state index is -0.499. The number of allylic oxidation sites excluding steroid dienone is 2. The van der Waals surface area contributed by atoms with E-state index in [-0.39, 0.29) is 31.3 Å². The van der Waals surface area contributed by atoms with Crippen molar-refractivity contribution in [2.24, 2.45) is 16.8 Å². The highest BCUT2D eigenvalue weighted by Gasteiger charge is 2.40. The summed E-state index contributed by atoms with van der Waals surface area (Å²) in [7, 11) is 1.33. The predicted molar refractivity (Wildman–Crippen MR) is 141 cm³/mol. The molecule has 34 heavy (non-hydrogen) atoms. The zero-order valence-corrected chi connectivity index (χ0v) is 23.0. The fourth-order valence-corrected chi connectivity index (χ4v) is 4.77. The van der Waals surface area contributed by atoms with Gasteiger partial charge < -0.3 is 15.0 Å². The molecule has 0 radical (unpaired) electrons. The van der Waals surface area contributed by atoms with Crippen LogP contribution in [0.15, 0.2) is 28.8 Å². The maximum absolute atomic E-state index is 12.2. The lowest BCUT2D eigenvalue weighted by Crippen LogP contribution is -2.50. The average Bonchev–Trinajstić information content (AvgIpc) is 2.79. The van der Waals surface area contributed by atoms with E-state index in [0.29, 0.717) is 24.8 Å². The largest absolute Gasteiger partial charge is 0.469 e. The van der Waals surface area contributed by atoms with Gasteiger partial charge >= 0.3 is 5.97 Å². The lowest BCUT2D eigenvalue weighted by atomic mass is 9.76. The molecule has 0 aromatic carbocycles. The third kappa shape index (κ3) is 10.5. The molecule has 7 nitrogen and oxygen atoms in total. The van der Waals surface area contributed by atoms with Crippen molar-refractivity contribution < 1.29 is 19.1 Å². The quantitative estimate of drug-likeness (QED) is 0.143. The standard InChI is InChI=1S/C26H42BrN3O4/c1-6-8-22(9-7-10-24(32)28-17-13-25(33)34-5)14-18-30(19-31)26(29-21(4)27)15-11-23(12-16-26)20(2)3/h7-9,19-20,23H,6,10-18H2,1-5H3,(H,28,32)/b9-7-,22-8+,29-21+. The maximum Gasteiger partial charge on any atom is 0.307 e. The first-order valence-corrected chi connectivity index (χ1v) is 13.1. The van der Waals surface area contributed by atoms with Gasteiger partial charge in [0.1, 0.15) is 5.66 Å². The van der Waals surface area contributed by atoms with Crippen LogP contribution >= 0.6 is 15.9 Å². The number of hydrogen-bond acceptors (Lipinski definition) is 5. The lowest BCUT2D eigenvalue weighted by Gasteiger charge is -2.44. The van der Waals surface area contributed by atoms with Crippen LogP contribution in [0, 0.1) is 11.8 Å². The first-order chi connectivity index (χ1) is 16.2. The number of amides is 2. The summed E-state index contributed by atoms with van der Waals surface area (Å²) in [4.78, 5) is 42.0. The molecular formula is C26H42BrN3O4. The number of hydrogen-bond donors (Lipinski definition) is 1. The van der Waals surface area contributed by atoms with Crippen molar-refractivity contribution >= 4 is 38.8 Å². The van der Waals surface area contributed by atoms with Gasteiger partial charge in [-0.2, -0.15) is 0 Å². The van der Waals surface area contributed by atoms with E-state index in [9.17, 15) is 14.4 Å². The van der Waals surface area contributed by atoms with Crippen LogP contribution in [0.4, 0.5) is 0 Å². The minimum absolute atomic E-state index is 0.145. The van der Waals surface area contributed by atoms with Gasteiger partial charge in [-0.05, 0) is 73.2 Å². The Bertz CT molecular complexity index is 749. The van der Waals surface area contributed by atoms with Gasteiger partial charge in [-0.25, -0.2) is 0 Å². The van der Waals surface area contributed by atoms with E-state index in [1.807, 2.05) is 24.0 Å². The molecule has 8 heteroatoms. The van der Waals surface area contributed by atoms with Gasteiger partial charge in [0.25, 0.3) is 0 Å². The van der Waals surface area contributed by atoms with Gasteiger partial charge in [-0.3, -0.25) is 19.4 Å². The van der Waals surface area contributed by atoms with Crippen molar-refractivity contribution in [2.75, 3.05) is 20.2 Å². The SMILES string of the molecule is CC/C=C(\C=C/CC(=O)NCCC(=O)OC)CCN(C=O)C1(/N=C(\C)Br)CCC(C(C)C)CC1. The van der Waals surface area contributed by atoms with Crippen LogP contribution < -0.4 is 5.32 Å². The second-order valence-corrected chi connectivity index (χ2v) is 10.3. The van der Waals surface area contributed by atoms with Crippen molar-refractivity contribution in [1.29, 1.82) is 0 Å². The van der Waals surface area contributed by atoms with Crippen molar-refractivity contribution in [1.82, 2.24) is 10.2 Å². The normalized spacial score (nSPS) is 21.6. The van der Waals surface area contributed by atoms with Crippen molar-refractivity contribution in [3.05, 3.63) is 23.8 Å². The second kappa shape index (κ2) is 15.8. The summed E-state index contributed by atoms with van der Waals surface area (Å²) in [5.41, 5.74) is 0.587. The highest BCUT2D eigenvalue weighted by Crippen LogP contribution is 2.40. The molecule has 192 valence electrons. The molecule has 0 spiro atoms. The highest BCUT2D eigenvalue weighted by molar-refractivity contribution is 9.18. The average molecular weight is 541 g/mol. The zero-order valence-electron chi connectivity index (χ0n) is 21.4. The summed E-state index contributed by atoms with van der Waals surface area (Å²) >= 11 is 3.49. The molecule has 1 saturated carbocycles. The molecule has 0 heterocycles. The van der Waals surface area contributed by atoms with E-state index >= 15 is 0 Å². The number of aliphatic imine (C=N–C) groups is 1. The Morgan fingerprint density at radius 2 is 1.94 bits per heavy atom. The highest BCUT2D eigenvalue weighted by atomic mass is 79.9. The smallest absolute Gasteiger partial charge is 0.307 e. The van der Waals surface area contributed by atoms with Gasteiger partial charge in [0.2, 0.25) is 12.3 Å². The maximum atomic E-state index is 12.2. The summed E-state index contributed by atoms with van der Waals surface area (Å²) in [5, 5.41) is 2.71. The number of rotatable bonds is 14.